The third kappa shape index (κ3) is 2.86. The summed E-state index contributed by atoms with van der Waals surface area (Å²) in [6.45, 7) is 0.839. The molecule has 0 saturated carbocycles. The molecule has 0 saturated heterocycles. The van der Waals surface area contributed by atoms with Crippen molar-refractivity contribution >= 4 is 12.5 Å². The van der Waals surface area contributed by atoms with Gasteiger partial charge in [0, 0.05) is 24.4 Å². The molecular formula is C7H8F3NO. The van der Waals surface area contributed by atoms with Gasteiger partial charge in [-0.05, 0) is 6.92 Å². The van der Waals surface area contributed by atoms with Gasteiger partial charge in [0.2, 0.25) is 0 Å². The molecule has 0 heterocycles. The standard InChI is InChI=1S/C7H8F3NO/c1-5(7(8,9)10)6(4-12)3-11-2/h3-4H,1-2H3/b6-5-,11-3?. The number of hydrogen-bond donors (Lipinski definition) is 0. The Morgan fingerprint density at radius 1 is 1.42 bits per heavy atom. The van der Waals surface area contributed by atoms with Crippen LogP contribution in [0.25, 0.3) is 0 Å². The highest BCUT2D eigenvalue weighted by molar-refractivity contribution is 6.02. The molecule has 2 nitrogen and oxygen atoms in total. The SMILES string of the molecule is CN=C/C(C=O)=C(\C)C(F)(F)F. The van der Waals surface area contributed by atoms with Crippen LogP contribution in [0.5, 0.6) is 0 Å². The van der Waals surface area contributed by atoms with E-state index in [1.54, 1.807) is 0 Å². The number of carbonyl (C=O) groups is 1. The fraction of sp³-hybridized carbons (Fsp3) is 0.429. The Morgan fingerprint density at radius 2 is 1.92 bits per heavy atom. The van der Waals surface area contributed by atoms with Crippen LogP contribution in [0.1, 0.15) is 6.92 Å². The zero-order chi connectivity index (χ0) is 9.78. The lowest BCUT2D eigenvalue weighted by Crippen LogP contribution is -2.12. The molecule has 5 heteroatoms. The lowest BCUT2D eigenvalue weighted by Gasteiger charge is -2.06. The molecule has 0 aliphatic heterocycles. The summed E-state index contributed by atoms with van der Waals surface area (Å²) in [7, 11) is 1.30. The van der Waals surface area contributed by atoms with Crippen LogP contribution in [0, 0.1) is 0 Å². The van der Waals surface area contributed by atoms with Crippen molar-refractivity contribution in [2.45, 2.75) is 13.1 Å². The number of aldehydes is 1. The van der Waals surface area contributed by atoms with E-state index < -0.39 is 17.3 Å². The summed E-state index contributed by atoms with van der Waals surface area (Å²) in [6, 6.07) is 0. The molecule has 0 aliphatic carbocycles. The van der Waals surface area contributed by atoms with Crippen LogP contribution in [0.15, 0.2) is 16.1 Å². The first-order chi connectivity index (χ1) is 5.43. The average molecular weight is 179 g/mol. The fourth-order valence-corrected chi connectivity index (χ4v) is 0.518. The Morgan fingerprint density at radius 3 is 2.17 bits per heavy atom. The number of allylic oxidation sites excluding steroid dienone is 2. The molecule has 0 aromatic carbocycles. The summed E-state index contributed by atoms with van der Waals surface area (Å²) in [6.07, 6.45) is -3.44. The van der Waals surface area contributed by atoms with Gasteiger partial charge in [0.15, 0.2) is 6.29 Å². The summed E-state index contributed by atoms with van der Waals surface area (Å²) in [5.41, 5.74) is -1.37. The van der Waals surface area contributed by atoms with Gasteiger partial charge in [0.05, 0.1) is 0 Å². The van der Waals surface area contributed by atoms with Crippen LogP contribution in [-0.2, 0) is 4.79 Å². The highest BCUT2D eigenvalue weighted by Gasteiger charge is 2.32. The van der Waals surface area contributed by atoms with Gasteiger partial charge >= 0.3 is 6.18 Å². The molecule has 0 bridgehead atoms. The molecule has 12 heavy (non-hydrogen) atoms. The highest BCUT2D eigenvalue weighted by Crippen LogP contribution is 2.26. The van der Waals surface area contributed by atoms with E-state index in [-0.39, 0.29) is 6.29 Å². The number of halogens is 3. The minimum absolute atomic E-state index is 0.135. The van der Waals surface area contributed by atoms with Crippen molar-refractivity contribution in [1.82, 2.24) is 0 Å². The lowest BCUT2D eigenvalue weighted by atomic mass is 10.1. The van der Waals surface area contributed by atoms with Gasteiger partial charge in [-0.3, -0.25) is 9.79 Å². The quantitative estimate of drug-likeness (QED) is 0.361. The second kappa shape index (κ2) is 4.04. The topological polar surface area (TPSA) is 29.4 Å². The van der Waals surface area contributed by atoms with Crippen molar-refractivity contribution in [3.8, 4) is 0 Å². The molecule has 68 valence electrons. The second-order valence-electron chi connectivity index (χ2n) is 2.08. The average Bonchev–Trinajstić information content (AvgIpc) is 1.97. The minimum atomic E-state index is -4.46. The zero-order valence-corrected chi connectivity index (χ0v) is 6.64. The highest BCUT2D eigenvalue weighted by atomic mass is 19.4. The van der Waals surface area contributed by atoms with Gasteiger partial charge in [-0.2, -0.15) is 13.2 Å². The van der Waals surface area contributed by atoms with E-state index in [4.69, 9.17) is 0 Å². The van der Waals surface area contributed by atoms with Crippen molar-refractivity contribution in [1.29, 1.82) is 0 Å². The van der Waals surface area contributed by atoms with Crippen molar-refractivity contribution in [2.24, 2.45) is 4.99 Å². The van der Waals surface area contributed by atoms with Crippen molar-refractivity contribution < 1.29 is 18.0 Å². The molecule has 0 spiro atoms. The van der Waals surface area contributed by atoms with E-state index in [0.29, 0.717) is 0 Å². The van der Waals surface area contributed by atoms with Crippen LogP contribution in [-0.4, -0.2) is 25.7 Å². The maximum atomic E-state index is 11.9. The predicted molar refractivity (Wildman–Crippen MR) is 39.2 cm³/mol. The van der Waals surface area contributed by atoms with Crippen LogP contribution in [0.2, 0.25) is 0 Å². The van der Waals surface area contributed by atoms with Gasteiger partial charge in [-0.25, -0.2) is 0 Å². The fourth-order valence-electron chi connectivity index (χ4n) is 0.518. The maximum Gasteiger partial charge on any atom is 0.413 e. The van der Waals surface area contributed by atoms with Gasteiger partial charge in [-0.15, -0.1) is 0 Å². The number of carbonyl (C=O) groups excluding carboxylic acids is 1. The molecule has 0 aliphatic rings. The first kappa shape index (κ1) is 10.9. The van der Waals surface area contributed by atoms with Gasteiger partial charge in [-0.1, -0.05) is 0 Å². The zero-order valence-electron chi connectivity index (χ0n) is 6.64. The largest absolute Gasteiger partial charge is 0.413 e. The molecule has 0 rings (SSSR count). The monoisotopic (exact) mass is 179 g/mol. The number of alkyl halides is 3. The van der Waals surface area contributed by atoms with Crippen molar-refractivity contribution in [3.63, 3.8) is 0 Å². The summed E-state index contributed by atoms with van der Waals surface area (Å²) in [5.74, 6) is 0. The molecule has 0 amide bonds. The normalized spacial score (nSPS) is 14.8. The van der Waals surface area contributed by atoms with Crippen LogP contribution in [0.4, 0.5) is 13.2 Å². The molecule has 0 unspecified atom stereocenters. The van der Waals surface area contributed by atoms with Crippen LogP contribution >= 0.6 is 0 Å². The Labute approximate surface area is 67.8 Å². The predicted octanol–water partition coefficient (Wildman–Crippen LogP) is 1.76. The lowest BCUT2D eigenvalue weighted by molar-refractivity contribution is -0.107. The number of rotatable bonds is 2. The third-order valence-corrected chi connectivity index (χ3v) is 1.25. The van der Waals surface area contributed by atoms with E-state index in [2.05, 4.69) is 4.99 Å². The maximum absolute atomic E-state index is 11.9. The molecular weight excluding hydrogens is 171 g/mol. The Hall–Kier alpha value is -1.13. The van der Waals surface area contributed by atoms with Gasteiger partial charge in [0.25, 0.3) is 0 Å². The third-order valence-electron chi connectivity index (χ3n) is 1.25. The molecule has 0 fully saturated rings. The van der Waals surface area contributed by atoms with Crippen LogP contribution in [0.3, 0.4) is 0 Å². The smallest absolute Gasteiger partial charge is 0.298 e. The number of aliphatic imine (C=N–C) groups is 1. The van der Waals surface area contributed by atoms with Crippen molar-refractivity contribution in [3.05, 3.63) is 11.1 Å². The van der Waals surface area contributed by atoms with E-state index in [1.807, 2.05) is 0 Å². The van der Waals surface area contributed by atoms with Crippen molar-refractivity contribution in [2.75, 3.05) is 7.05 Å². The van der Waals surface area contributed by atoms with E-state index in [1.165, 1.54) is 7.05 Å². The summed E-state index contributed by atoms with van der Waals surface area (Å²) < 4.78 is 35.8. The Kier molecular flexibility index (Phi) is 3.66. The van der Waals surface area contributed by atoms with E-state index in [0.717, 1.165) is 13.1 Å². The summed E-state index contributed by atoms with van der Waals surface area (Å²) in [5, 5.41) is 0. The molecule has 0 radical (unpaired) electrons. The molecule has 0 aromatic heterocycles. The van der Waals surface area contributed by atoms with Crippen LogP contribution < -0.4 is 0 Å². The second-order valence-corrected chi connectivity index (χ2v) is 2.08. The first-order valence-corrected chi connectivity index (χ1v) is 3.09. The van der Waals surface area contributed by atoms with E-state index in [9.17, 15) is 18.0 Å². The first-order valence-electron chi connectivity index (χ1n) is 3.09. The van der Waals surface area contributed by atoms with Gasteiger partial charge in [0.1, 0.15) is 0 Å². The summed E-state index contributed by atoms with van der Waals surface area (Å²) in [4.78, 5) is 13.5. The summed E-state index contributed by atoms with van der Waals surface area (Å²) >= 11 is 0. The van der Waals surface area contributed by atoms with E-state index >= 15 is 0 Å². The number of nitrogens with zero attached hydrogens (tertiary/aromatic N) is 1. The van der Waals surface area contributed by atoms with Gasteiger partial charge < -0.3 is 0 Å². The molecule has 0 N–H and O–H groups in total. The number of hydrogen-bond acceptors (Lipinski definition) is 2. The Balaban J connectivity index is 4.98. The molecule has 0 atom stereocenters. The minimum Gasteiger partial charge on any atom is -0.298 e. The molecule has 0 aromatic rings. The Bertz CT molecular complexity index is 227.